The molecule has 0 aliphatic carbocycles. The lowest BCUT2D eigenvalue weighted by Gasteiger charge is -2.16. The smallest absolute Gasteiger partial charge is 0.163 e. The van der Waals surface area contributed by atoms with E-state index in [1.807, 2.05) is 56.3 Å². The maximum absolute atomic E-state index is 12.3. The van der Waals surface area contributed by atoms with Gasteiger partial charge in [0.1, 0.15) is 0 Å². The van der Waals surface area contributed by atoms with Crippen LogP contribution in [0.15, 0.2) is 54.6 Å². The average molecular weight is 310 g/mol. The summed E-state index contributed by atoms with van der Waals surface area (Å²) in [5, 5.41) is 0. The van der Waals surface area contributed by atoms with E-state index in [2.05, 4.69) is 12.1 Å². The fourth-order valence-electron chi connectivity index (χ4n) is 2.82. The Labute approximate surface area is 137 Å². The number of ketones is 1. The number of rotatable bonds is 5. The first-order valence-electron chi connectivity index (χ1n) is 8.04. The Morgan fingerprint density at radius 3 is 2.30 bits per heavy atom. The number of hydrogen-bond donors (Lipinski definition) is 0. The zero-order valence-corrected chi connectivity index (χ0v) is 13.6. The molecule has 2 aromatic rings. The minimum Gasteiger partial charge on any atom is -0.348 e. The van der Waals surface area contributed by atoms with Crippen molar-refractivity contribution in [1.29, 1.82) is 0 Å². The van der Waals surface area contributed by atoms with Crippen LogP contribution >= 0.6 is 0 Å². The van der Waals surface area contributed by atoms with Gasteiger partial charge in [0.15, 0.2) is 11.6 Å². The molecule has 0 aromatic heterocycles. The molecule has 0 N–H and O–H groups in total. The fraction of sp³-hybridized carbons (Fsp3) is 0.350. The number of carbonyl (C=O) groups excluding carboxylic acids is 1. The lowest BCUT2D eigenvalue weighted by atomic mass is 10.0. The van der Waals surface area contributed by atoms with Crippen LogP contribution < -0.4 is 0 Å². The van der Waals surface area contributed by atoms with Crippen LogP contribution in [0.4, 0.5) is 0 Å². The Morgan fingerprint density at radius 1 is 1.04 bits per heavy atom. The molecule has 3 nitrogen and oxygen atoms in total. The van der Waals surface area contributed by atoms with Crippen LogP contribution in [-0.2, 0) is 9.47 Å². The molecule has 120 valence electrons. The number of ether oxygens (including phenoxy) is 2. The molecule has 0 amide bonds. The third-order valence-corrected chi connectivity index (χ3v) is 4.07. The summed E-state index contributed by atoms with van der Waals surface area (Å²) in [4.78, 5) is 12.3. The molecule has 2 aromatic carbocycles. The molecule has 1 fully saturated rings. The maximum atomic E-state index is 12.3. The van der Waals surface area contributed by atoms with Crippen LogP contribution in [0, 0.1) is 0 Å². The minimum absolute atomic E-state index is 0.0116. The van der Waals surface area contributed by atoms with Crippen LogP contribution in [-0.4, -0.2) is 24.3 Å². The summed E-state index contributed by atoms with van der Waals surface area (Å²) in [5.41, 5.74) is 3.03. The molecule has 1 saturated heterocycles. The van der Waals surface area contributed by atoms with Crippen molar-refractivity contribution < 1.29 is 14.3 Å². The zero-order valence-electron chi connectivity index (χ0n) is 13.6. The van der Waals surface area contributed by atoms with Crippen LogP contribution in [0.2, 0.25) is 0 Å². The van der Waals surface area contributed by atoms with Gasteiger partial charge in [0.05, 0.1) is 12.7 Å². The van der Waals surface area contributed by atoms with E-state index in [1.165, 1.54) is 0 Å². The van der Waals surface area contributed by atoms with Crippen LogP contribution in [0.25, 0.3) is 11.1 Å². The summed E-state index contributed by atoms with van der Waals surface area (Å²) >= 11 is 0. The molecule has 1 aliphatic heterocycles. The summed E-state index contributed by atoms with van der Waals surface area (Å²) in [6.07, 6.45) is 1.19. The second-order valence-corrected chi connectivity index (χ2v) is 6.36. The van der Waals surface area contributed by atoms with E-state index in [1.54, 1.807) is 0 Å². The largest absolute Gasteiger partial charge is 0.348 e. The van der Waals surface area contributed by atoms with Crippen molar-refractivity contribution in [2.24, 2.45) is 0 Å². The Hall–Kier alpha value is -1.97. The predicted octanol–water partition coefficient (Wildman–Crippen LogP) is 4.47. The normalized spacial score (nSPS) is 19.7. The van der Waals surface area contributed by atoms with E-state index < -0.39 is 5.79 Å². The van der Waals surface area contributed by atoms with E-state index in [0.717, 1.165) is 16.7 Å². The van der Waals surface area contributed by atoms with Gasteiger partial charge in [-0.15, -0.1) is 0 Å². The highest BCUT2D eigenvalue weighted by molar-refractivity contribution is 5.96. The average Bonchev–Trinajstić information content (AvgIpc) is 2.93. The Bertz CT molecular complexity index is 659. The van der Waals surface area contributed by atoms with Gasteiger partial charge in [0.2, 0.25) is 0 Å². The van der Waals surface area contributed by atoms with E-state index in [4.69, 9.17) is 9.47 Å². The minimum atomic E-state index is -0.523. The highest BCUT2D eigenvalue weighted by atomic mass is 16.7. The van der Waals surface area contributed by atoms with Crippen molar-refractivity contribution in [2.45, 2.75) is 38.6 Å². The van der Waals surface area contributed by atoms with Gasteiger partial charge in [0, 0.05) is 12.0 Å². The molecule has 3 rings (SSSR count). The molecule has 0 spiro atoms. The maximum Gasteiger partial charge on any atom is 0.163 e. The lowest BCUT2D eigenvalue weighted by molar-refractivity contribution is -0.138. The predicted molar refractivity (Wildman–Crippen MR) is 90.3 cm³/mol. The van der Waals surface area contributed by atoms with Crippen molar-refractivity contribution in [3.05, 3.63) is 60.2 Å². The number of benzene rings is 2. The van der Waals surface area contributed by atoms with E-state index in [0.29, 0.717) is 19.4 Å². The molecule has 1 aliphatic rings. The number of Topliss-reactive ketones (excluding diaryl/α,β-unsaturated/α-hetero) is 1. The van der Waals surface area contributed by atoms with Gasteiger partial charge >= 0.3 is 0 Å². The molecule has 0 saturated carbocycles. The van der Waals surface area contributed by atoms with Gasteiger partial charge in [-0.3, -0.25) is 4.79 Å². The number of hydrogen-bond acceptors (Lipinski definition) is 3. The third kappa shape index (κ3) is 4.06. The van der Waals surface area contributed by atoms with Crippen molar-refractivity contribution in [3.8, 4) is 11.1 Å². The summed E-state index contributed by atoms with van der Waals surface area (Å²) in [7, 11) is 0. The summed E-state index contributed by atoms with van der Waals surface area (Å²) in [6.45, 7) is 4.36. The summed E-state index contributed by atoms with van der Waals surface area (Å²) in [5.74, 6) is -0.372. The molecule has 23 heavy (non-hydrogen) atoms. The first kappa shape index (κ1) is 15.9. The van der Waals surface area contributed by atoms with Crippen LogP contribution in [0.3, 0.4) is 0 Å². The van der Waals surface area contributed by atoms with Gasteiger partial charge in [-0.1, -0.05) is 54.6 Å². The molecule has 0 radical (unpaired) electrons. The van der Waals surface area contributed by atoms with Crippen LogP contribution in [0.5, 0.6) is 0 Å². The standard InChI is InChI=1S/C20H22O3/c1-20(2)22-14-18(23-20)12-13-19(21)17-10-8-16(9-11-17)15-6-4-3-5-7-15/h3-11,18H,12-14H2,1-2H3. The SMILES string of the molecule is CC1(C)OCC(CCC(=O)c2ccc(-c3ccccc3)cc2)O1. The van der Waals surface area contributed by atoms with Crippen molar-refractivity contribution in [1.82, 2.24) is 0 Å². The van der Waals surface area contributed by atoms with E-state index >= 15 is 0 Å². The van der Waals surface area contributed by atoms with Crippen molar-refractivity contribution in [2.75, 3.05) is 6.61 Å². The Kier molecular flexibility index (Phi) is 4.60. The Balaban J connectivity index is 1.58. The number of carbonyl (C=O) groups is 1. The highest BCUT2D eigenvalue weighted by Crippen LogP contribution is 2.25. The molecular formula is C20H22O3. The summed E-state index contributed by atoms with van der Waals surface area (Å²) in [6, 6.07) is 18.0. The van der Waals surface area contributed by atoms with E-state index in [-0.39, 0.29) is 11.9 Å². The summed E-state index contributed by atoms with van der Waals surface area (Å²) < 4.78 is 11.3. The molecule has 3 heteroatoms. The zero-order chi connectivity index (χ0) is 16.3. The topological polar surface area (TPSA) is 35.5 Å². The van der Waals surface area contributed by atoms with Gasteiger partial charge in [-0.05, 0) is 31.4 Å². The molecule has 0 bridgehead atoms. The first-order chi connectivity index (χ1) is 11.0. The second-order valence-electron chi connectivity index (χ2n) is 6.36. The first-order valence-corrected chi connectivity index (χ1v) is 8.04. The lowest BCUT2D eigenvalue weighted by Crippen LogP contribution is -2.21. The van der Waals surface area contributed by atoms with Gasteiger partial charge in [-0.25, -0.2) is 0 Å². The quantitative estimate of drug-likeness (QED) is 0.764. The Morgan fingerprint density at radius 2 is 1.70 bits per heavy atom. The monoisotopic (exact) mass is 310 g/mol. The van der Waals surface area contributed by atoms with Crippen molar-refractivity contribution in [3.63, 3.8) is 0 Å². The van der Waals surface area contributed by atoms with Crippen molar-refractivity contribution >= 4 is 5.78 Å². The van der Waals surface area contributed by atoms with Gasteiger partial charge in [0.25, 0.3) is 0 Å². The highest BCUT2D eigenvalue weighted by Gasteiger charge is 2.32. The van der Waals surface area contributed by atoms with Gasteiger partial charge < -0.3 is 9.47 Å². The third-order valence-electron chi connectivity index (χ3n) is 4.07. The fourth-order valence-corrected chi connectivity index (χ4v) is 2.82. The molecule has 1 atom stereocenters. The molecule has 1 unspecified atom stereocenters. The molecular weight excluding hydrogens is 288 g/mol. The molecule has 1 heterocycles. The second kappa shape index (κ2) is 6.65. The van der Waals surface area contributed by atoms with E-state index in [9.17, 15) is 4.79 Å². The van der Waals surface area contributed by atoms with Crippen LogP contribution in [0.1, 0.15) is 37.0 Å². The van der Waals surface area contributed by atoms with Gasteiger partial charge in [-0.2, -0.15) is 0 Å².